The zero-order valence-electron chi connectivity index (χ0n) is 20.1. The van der Waals surface area contributed by atoms with Gasteiger partial charge < -0.3 is 19.9 Å². The highest BCUT2D eigenvalue weighted by molar-refractivity contribution is 5.88. The predicted molar refractivity (Wildman–Crippen MR) is 122 cm³/mol. The molecule has 5 fully saturated rings. The number of likely N-dealkylation sites (N-methyl/N-ethyl adjacent to an activating group) is 1. The van der Waals surface area contributed by atoms with E-state index in [1.165, 1.54) is 43.4 Å². The molecule has 0 aromatic rings. The summed E-state index contributed by atoms with van der Waals surface area (Å²) < 4.78 is 5.09. The third kappa shape index (κ3) is 5.69. The van der Waals surface area contributed by atoms with Crippen molar-refractivity contribution in [3.63, 3.8) is 0 Å². The van der Waals surface area contributed by atoms with E-state index in [2.05, 4.69) is 5.32 Å². The van der Waals surface area contributed by atoms with Crippen LogP contribution < -0.4 is 5.32 Å². The summed E-state index contributed by atoms with van der Waals surface area (Å²) in [5, 5.41) is 2.81. The van der Waals surface area contributed by atoms with E-state index >= 15 is 0 Å². The van der Waals surface area contributed by atoms with E-state index in [1.54, 1.807) is 18.9 Å². The van der Waals surface area contributed by atoms with Crippen molar-refractivity contribution in [3.05, 3.63) is 0 Å². The van der Waals surface area contributed by atoms with Crippen LogP contribution in [0.1, 0.15) is 64.7 Å². The lowest BCUT2D eigenvalue weighted by Gasteiger charge is -2.56. The zero-order chi connectivity index (χ0) is 23.6. The van der Waals surface area contributed by atoms with Crippen molar-refractivity contribution < 1.29 is 23.9 Å². The number of ether oxygens (including phenoxy) is 1. The van der Waals surface area contributed by atoms with E-state index in [-0.39, 0.29) is 48.1 Å². The maximum atomic E-state index is 12.7. The zero-order valence-corrected chi connectivity index (χ0v) is 20.1. The van der Waals surface area contributed by atoms with Crippen LogP contribution in [0, 0.1) is 29.1 Å². The summed E-state index contributed by atoms with van der Waals surface area (Å²) in [7, 11) is 1.58. The van der Waals surface area contributed by atoms with Crippen molar-refractivity contribution in [3.8, 4) is 0 Å². The lowest BCUT2D eigenvalue weighted by molar-refractivity contribution is -0.152. The maximum absolute atomic E-state index is 12.7. The molecule has 184 valence electrons. The Morgan fingerprint density at radius 1 is 1.06 bits per heavy atom. The molecule has 33 heavy (non-hydrogen) atoms. The highest BCUT2D eigenvalue weighted by Crippen LogP contribution is 2.61. The first kappa shape index (κ1) is 24.0. The predicted octanol–water partition coefficient (Wildman–Crippen LogP) is 1.97. The molecule has 0 spiro atoms. The van der Waals surface area contributed by atoms with Gasteiger partial charge in [-0.05, 0) is 81.5 Å². The van der Waals surface area contributed by atoms with Crippen molar-refractivity contribution in [1.29, 1.82) is 0 Å². The van der Waals surface area contributed by atoms with Crippen LogP contribution in [-0.4, -0.2) is 73.3 Å². The van der Waals surface area contributed by atoms with Gasteiger partial charge in [-0.15, -0.1) is 0 Å². The van der Waals surface area contributed by atoms with Crippen molar-refractivity contribution in [1.82, 2.24) is 15.1 Å². The van der Waals surface area contributed by atoms with Gasteiger partial charge in [0.1, 0.15) is 0 Å². The number of carbonyl (C=O) groups is 4. The molecule has 1 N–H and O–H groups in total. The van der Waals surface area contributed by atoms with Gasteiger partial charge in [-0.2, -0.15) is 0 Å². The third-order valence-corrected chi connectivity index (χ3v) is 8.33. The fourth-order valence-corrected chi connectivity index (χ4v) is 7.27. The number of esters is 1. The maximum Gasteiger partial charge on any atom is 0.310 e. The molecule has 1 heterocycles. The first-order valence-electron chi connectivity index (χ1n) is 12.7. The van der Waals surface area contributed by atoms with Crippen LogP contribution in [0.2, 0.25) is 0 Å². The summed E-state index contributed by atoms with van der Waals surface area (Å²) in [4.78, 5) is 52.9. The van der Waals surface area contributed by atoms with Crippen molar-refractivity contribution >= 4 is 23.7 Å². The summed E-state index contributed by atoms with van der Waals surface area (Å²) in [6, 6.07) is 0. The number of carbonyl (C=O) groups excluding carboxylic acids is 4. The number of rotatable bonds is 8. The molecule has 1 saturated heterocycles. The summed E-state index contributed by atoms with van der Waals surface area (Å²) >= 11 is 0. The van der Waals surface area contributed by atoms with Gasteiger partial charge in [0.25, 0.3) is 0 Å². The van der Waals surface area contributed by atoms with Gasteiger partial charge in [0.15, 0.2) is 0 Å². The standard InChI is InChI=1S/C25H39N3O5/c1-3-33-24(32)20-5-4-6-28(15-20)23(31)16-27(2)22(30)14-26-21(29)13-25-10-17-7-18(11-25)9-19(8-17)12-25/h17-20H,3-16H2,1-2H3,(H,26,29). The molecule has 8 heteroatoms. The number of hydrogen-bond acceptors (Lipinski definition) is 5. The molecule has 4 bridgehead atoms. The molecule has 8 nitrogen and oxygen atoms in total. The second-order valence-electron chi connectivity index (χ2n) is 11.1. The van der Waals surface area contributed by atoms with Crippen LogP contribution >= 0.6 is 0 Å². The lowest BCUT2D eigenvalue weighted by atomic mass is 9.49. The smallest absolute Gasteiger partial charge is 0.310 e. The van der Waals surface area contributed by atoms with Gasteiger partial charge in [0, 0.05) is 26.6 Å². The Morgan fingerprint density at radius 3 is 2.30 bits per heavy atom. The number of piperidine rings is 1. The summed E-state index contributed by atoms with van der Waals surface area (Å²) in [6.07, 6.45) is 9.50. The Balaban J connectivity index is 1.20. The van der Waals surface area contributed by atoms with E-state index in [0.717, 1.165) is 24.2 Å². The van der Waals surface area contributed by atoms with Gasteiger partial charge in [0.2, 0.25) is 17.7 Å². The number of likely N-dealkylation sites (tertiary alicyclic amines) is 1. The second-order valence-corrected chi connectivity index (χ2v) is 11.1. The number of nitrogens with one attached hydrogen (secondary N) is 1. The van der Waals surface area contributed by atoms with E-state index in [9.17, 15) is 19.2 Å². The van der Waals surface area contributed by atoms with Crippen LogP contribution in [0.3, 0.4) is 0 Å². The molecular weight excluding hydrogens is 422 g/mol. The Bertz CT molecular complexity index is 747. The topological polar surface area (TPSA) is 96.0 Å². The largest absolute Gasteiger partial charge is 0.466 e. The monoisotopic (exact) mass is 461 g/mol. The average molecular weight is 462 g/mol. The molecular formula is C25H39N3O5. The molecule has 1 unspecified atom stereocenters. The Morgan fingerprint density at radius 2 is 1.70 bits per heavy atom. The first-order valence-corrected chi connectivity index (χ1v) is 12.7. The fraction of sp³-hybridized carbons (Fsp3) is 0.840. The first-order chi connectivity index (χ1) is 15.8. The summed E-state index contributed by atoms with van der Waals surface area (Å²) in [5.74, 6) is 1.32. The lowest BCUT2D eigenvalue weighted by Crippen LogP contribution is -2.49. The minimum absolute atomic E-state index is 0.0432. The molecule has 0 aromatic carbocycles. The van der Waals surface area contributed by atoms with E-state index in [0.29, 0.717) is 32.5 Å². The van der Waals surface area contributed by atoms with Gasteiger partial charge >= 0.3 is 5.97 Å². The van der Waals surface area contributed by atoms with Crippen LogP contribution in [-0.2, 0) is 23.9 Å². The Hall–Kier alpha value is -2.12. The van der Waals surface area contributed by atoms with Gasteiger partial charge in [0.05, 0.1) is 25.6 Å². The van der Waals surface area contributed by atoms with Crippen LogP contribution in [0.15, 0.2) is 0 Å². The van der Waals surface area contributed by atoms with Crippen LogP contribution in [0.5, 0.6) is 0 Å². The molecule has 0 radical (unpaired) electrons. The number of hydrogen-bond donors (Lipinski definition) is 1. The Labute approximate surface area is 196 Å². The normalized spacial score (nSPS) is 32.4. The fourth-order valence-electron chi connectivity index (χ4n) is 7.27. The van der Waals surface area contributed by atoms with E-state index < -0.39 is 0 Å². The SMILES string of the molecule is CCOC(=O)C1CCCN(C(=O)CN(C)C(=O)CNC(=O)CC23CC4CC(CC(C4)C2)C3)C1. The molecule has 5 rings (SSSR count). The highest BCUT2D eigenvalue weighted by Gasteiger charge is 2.51. The van der Waals surface area contributed by atoms with Crippen LogP contribution in [0.4, 0.5) is 0 Å². The third-order valence-electron chi connectivity index (χ3n) is 8.33. The molecule has 4 saturated carbocycles. The molecule has 3 amide bonds. The average Bonchev–Trinajstić information content (AvgIpc) is 2.76. The highest BCUT2D eigenvalue weighted by atomic mass is 16.5. The van der Waals surface area contributed by atoms with Gasteiger partial charge in [-0.1, -0.05) is 0 Å². The van der Waals surface area contributed by atoms with Crippen molar-refractivity contribution in [2.24, 2.45) is 29.1 Å². The number of amides is 3. The van der Waals surface area contributed by atoms with Crippen molar-refractivity contribution in [2.75, 3.05) is 39.8 Å². The second kappa shape index (κ2) is 10.0. The minimum atomic E-state index is -0.299. The quantitative estimate of drug-likeness (QED) is 0.558. The molecule has 0 aromatic heterocycles. The van der Waals surface area contributed by atoms with Gasteiger partial charge in [-0.25, -0.2) is 0 Å². The van der Waals surface area contributed by atoms with E-state index in [1.807, 2.05) is 0 Å². The molecule has 1 atom stereocenters. The molecule has 1 aliphatic heterocycles. The molecule has 4 aliphatic carbocycles. The summed E-state index contributed by atoms with van der Waals surface area (Å²) in [6.45, 7) is 2.88. The van der Waals surface area contributed by atoms with E-state index in [4.69, 9.17) is 4.74 Å². The minimum Gasteiger partial charge on any atom is -0.466 e. The number of nitrogens with zero attached hydrogens (tertiary/aromatic N) is 2. The van der Waals surface area contributed by atoms with Gasteiger partial charge in [-0.3, -0.25) is 19.2 Å². The Kier molecular flexibility index (Phi) is 7.29. The van der Waals surface area contributed by atoms with Crippen molar-refractivity contribution in [2.45, 2.75) is 64.7 Å². The summed E-state index contributed by atoms with van der Waals surface area (Å²) in [5.41, 5.74) is 0.146. The van der Waals surface area contributed by atoms with Crippen LogP contribution in [0.25, 0.3) is 0 Å². The molecule has 5 aliphatic rings.